The molecule has 4 unspecified atom stereocenters. The first-order chi connectivity index (χ1) is 61.1. The number of benzene rings is 12. The van der Waals surface area contributed by atoms with Gasteiger partial charge in [-0.1, -0.05) is 140 Å². The van der Waals surface area contributed by atoms with Crippen molar-refractivity contribution in [1.82, 2.24) is 0 Å². The summed E-state index contributed by atoms with van der Waals surface area (Å²) in [5.41, 5.74) is 7.73. The van der Waals surface area contributed by atoms with Crippen molar-refractivity contribution in [1.29, 1.82) is 0 Å². The van der Waals surface area contributed by atoms with E-state index in [0.717, 1.165) is 36.1 Å². The molecule has 0 aliphatic heterocycles. The fourth-order valence-electron chi connectivity index (χ4n) is 13.9. The largest absolute Gasteiger partial charge is 0.488 e. The van der Waals surface area contributed by atoms with Crippen molar-refractivity contribution in [3.8, 4) is 46.0 Å². The standard InChI is InChI=1S/C88H80O32S8/c1-53-73-37-74(82(108-46-58-7-23-66(24-8-58)122-119-116-90)41-81(73)107-45-57-5-21-65(22-6-57)121-118-115-89)54(2)77-39-78(86(112-50-62-15-31-70(32-16-62)126(98,99)100)43-85(77)111-49-61-13-29-69(30-14-61)125(95,96)97)56(4)80-40-79(87(113-51-63-17-33-71(34-18-63)127(101,102)103)44-88(80)114-52-64-19-35-72(36-20-64)128(104,105)106)55(3)76-38-75(53)83(109-47-59-9-25-67(26-10-59)123-120-117-91)42-84(76)110-48-60-11-27-68(28-12-60)124(92,93)94/h5-44,53-56,89-91H,45-52H2,1-4H3,(H,92,93,94)(H,95,96,97)(H,98,99,100)(H,101,102,103)(H,104,105,106). The molecule has 0 heterocycles. The van der Waals surface area contributed by atoms with Gasteiger partial charge in [0.15, 0.2) is 0 Å². The van der Waals surface area contributed by atoms with Gasteiger partial charge in [0.1, 0.15) is 98.9 Å². The molecule has 4 atom stereocenters. The van der Waals surface area contributed by atoms with Gasteiger partial charge < -0.3 is 37.9 Å². The highest BCUT2D eigenvalue weighted by molar-refractivity contribution is 7.95. The number of ether oxygens (including phenoxy) is 8. The highest BCUT2D eigenvalue weighted by Crippen LogP contribution is 2.52. The Kier molecular flexibility index (Phi) is 31.0. The van der Waals surface area contributed by atoms with E-state index in [-0.39, 0.29) is 104 Å². The van der Waals surface area contributed by atoms with Gasteiger partial charge in [-0.3, -0.25) is 22.8 Å². The predicted molar refractivity (Wildman–Crippen MR) is 463 cm³/mol. The molecule has 32 nitrogen and oxygen atoms in total. The topological polar surface area (TPSA) is 462 Å². The Morgan fingerprint density at radius 2 is 0.352 bits per heavy atom. The molecule has 0 fully saturated rings. The fraction of sp³-hybridized carbons (Fsp3) is 0.182. The third-order valence-corrected chi connectivity index (χ3v) is 26.9. The van der Waals surface area contributed by atoms with Gasteiger partial charge in [0.2, 0.25) is 0 Å². The number of rotatable bonds is 38. The molecule has 0 saturated carbocycles. The summed E-state index contributed by atoms with van der Waals surface area (Å²) in [5.74, 6) is -2.02. The summed E-state index contributed by atoms with van der Waals surface area (Å²) < 4.78 is 245. The van der Waals surface area contributed by atoms with E-state index >= 15 is 0 Å². The molecule has 12 aromatic rings. The Morgan fingerprint density at radius 1 is 0.219 bits per heavy atom. The maximum Gasteiger partial charge on any atom is 0.294 e. The molecule has 0 aromatic heterocycles. The number of hydrogen-bond acceptors (Lipinski definition) is 30. The zero-order valence-electron chi connectivity index (χ0n) is 67.7. The van der Waals surface area contributed by atoms with Crippen LogP contribution in [0.25, 0.3) is 0 Å². The average molecular weight is 1910 g/mol. The van der Waals surface area contributed by atoms with Crippen molar-refractivity contribution in [2.45, 2.75) is 143 Å². The summed E-state index contributed by atoms with van der Waals surface area (Å²) in [4.78, 5) is -0.359. The molecular formula is C88H80O32S8. The van der Waals surface area contributed by atoms with E-state index in [9.17, 15) is 64.9 Å². The van der Waals surface area contributed by atoms with Crippen molar-refractivity contribution < 1.29 is 147 Å². The molecular weight excluding hydrogens is 1830 g/mol. The van der Waals surface area contributed by atoms with Crippen LogP contribution in [0.2, 0.25) is 0 Å². The third-order valence-electron chi connectivity index (χ3n) is 20.8. The van der Waals surface area contributed by atoms with Gasteiger partial charge in [-0.15, -0.1) is 13.0 Å². The van der Waals surface area contributed by atoms with Crippen molar-refractivity contribution in [2.75, 3.05) is 0 Å². The molecule has 12 aromatic carbocycles. The molecule has 0 spiro atoms. The lowest BCUT2D eigenvalue weighted by Gasteiger charge is -2.30. The van der Waals surface area contributed by atoms with Gasteiger partial charge in [0.25, 0.3) is 50.6 Å². The lowest BCUT2D eigenvalue weighted by molar-refractivity contribution is -0.432. The van der Waals surface area contributed by atoms with Crippen LogP contribution >= 0.6 is 36.1 Å². The summed E-state index contributed by atoms with van der Waals surface area (Å²) in [5, 5.41) is 38.7. The van der Waals surface area contributed by atoms with Gasteiger partial charge in [0.05, 0.1) is 60.6 Å². The van der Waals surface area contributed by atoms with Gasteiger partial charge >= 0.3 is 0 Å². The van der Waals surface area contributed by atoms with Crippen molar-refractivity contribution in [2.24, 2.45) is 0 Å². The molecule has 1 aliphatic carbocycles. The summed E-state index contributed by atoms with van der Waals surface area (Å²) in [6.07, 6.45) is 0. The second-order valence-electron chi connectivity index (χ2n) is 29.1. The summed E-state index contributed by atoms with van der Waals surface area (Å²) >= 11 is 2.22. The molecule has 1 aliphatic rings. The van der Waals surface area contributed by atoms with E-state index in [1.807, 2.05) is 52.0 Å². The summed E-state index contributed by atoms with van der Waals surface area (Å²) in [6, 6.07) is 61.7. The normalized spacial score (nSPS) is 14.8. The van der Waals surface area contributed by atoms with Crippen LogP contribution in [0.5, 0.6) is 46.0 Å². The Labute approximate surface area is 749 Å². The van der Waals surface area contributed by atoms with E-state index in [4.69, 9.17) is 66.7 Å². The SMILES string of the molecule is CC1c2cc(c(OCc3ccc(SOOO)cc3)cc2OCc2ccc(SOOO)cc2)C(C)c2cc(c(OCc3ccc(S(=O)(=O)O)cc3)cc2OCc2ccc(S(=O)(=O)O)cc2)C(C)c2cc(c(OCc3ccc(S(=O)(=O)O)cc3)cc2OCc2ccc(S(=O)(=O)O)cc2)C(C)c2cc1c(OCc1ccc(SOOO)cc1)cc2OCc1ccc(S(=O)(=O)O)cc1. The van der Waals surface area contributed by atoms with Crippen LogP contribution in [-0.4, -0.2) is 80.6 Å². The minimum Gasteiger partial charge on any atom is -0.488 e. The van der Waals surface area contributed by atoms with Gasteiger partial charge in [-0.25, -0.2) is 15.8 Å². The maximum absolute atomic E-state index is 12.4. The van der Waals surface area contributed by atoms with E-state index < -0.39 is 93.8 Å². The first-order valence-electron chi connectivity index (χ1n) is 38.3. The zero-order valence-corrected chi connectivity index (χ0v) is 74.2. The van der Waals surface area contributed by atoms with Crippen molar-refractivity contribution in [3.63, 3.8) is 0 Å². The molecule has 0 saturated heterocycles. The van der Waals surface area contributed by atoms with Crippen LogP contribution in [0.1, 0.15) is 140 Å². The Hall–Kier alpha value is -10.7. The van der Waals surface area contributed by atoms with E-state index in [2.05, 4.69) is 15.1 Å². The lowest BCUT2D eigenvalue weighted by atomic mass is 9.80. The average Bonchev–Trinajstić information content (AvgIpc) is 0.749. The lowest BCUT2D eigenvalue weighted by Crippen LogP contribution is -2.14. The van der Waals surface area contributed by atoms with E-state index in [1.54, 1.807) is 97.1 Å². The van der Waals surface area contributed by atoms with Crippen molar-refractivity contribution in [3.05, 3.63) is 332 Å². The highest BCUT2D eigenvalue weighted by Gasteiger charge is 2.34. The molecule has 0 radical (unpaired) electrons. The molecule has 8 N–H and O–H groups in total. The second-order valence-corrected chi connectivity index (χ2v) is 38.5. The summed E-state index contributed by atoms with van der Waals surface area (Å²) in [7, 11) is -23.3. The van der Waals surface area contributed by atoms with Gasteiger partial charge in [-0.05, 0) is 166 Å². The molecule has 40 heteroatoms. The number of fused-ring (bicyclic) bond motifs is 8. The van der Waals surface area contributed by atoms with Crippen LogP contribution in [0, 0.1) is 0 Å². The van der Waals surface area contributed by atoms with Crippen molar-refractivity contribution >= 4 is 86.7 Å². The molecule has 0 amide bonds. The Balaban J connectivity index is 1.11. The Bertz CT molecular complexity index is 6310. The fourth-order valence-corrected chi connectivity index (χ4v) is 17.4. The Morgan fingerprint density at radius 3 is 0.477 bits per heavy atom. The maximum atomic E-state index is 12.4. The summed E-state index contributed by atoms with van der Waals surface area (Å²) in [6.45, 7) is 5.98. The highest BCUT2D eigenvalue weighted by atomic mass is 32.2. The van der Waals surface area contributed by atoms with Crippen LogP contribution in [0.4, 0.5) is 0 Å². The van der Waals surface area contributed by atoms with E-state index in [0.29, 0.717) is 104 Å². The van der Waals surface area contributed by atoms with Gasteiger partial charge in [0, 0.05) is 107 Å². The molecule has 672 valence electrons. The monoisotopic (exact) mass is 1900 g/mol. The van der Waals surface area contributed by atoms with E-state index in [1.165, 1.54) is 121 Å². The molecule has 8 bridgehead atoms. The molecule has 13 rings (SSSR count). The first kappa shape index (κ1) is 94.9. The minimum atomic E-state index is -4.67. The smallest absolute Gasteiger partial charge is 0.294 e. The van der Waals surface area contributed by atoms with Gasteiger partial charge in [-0.2, -0.15) is 42.1 Å². The molecule has 128 heavy (non-hydrogen) atoms. The van der Waals surface area contributed by atoms with Crippen LogP contribution in [-0.2, 0) is 132 Å². The first-order valence-corrected chi connectivity index (χ1v) is 47.8. The van der Waals surface area contributed by atoms with Crippen LogP contribution in [0.3, 0.4) is 0 Å². The zero-order chi connectivity index (χ0) is 91.2. The minimum absolute atomic E-state index is 0.0884. The quantitative estimate of drug-likeness (QED) is 0.00771. The van der Waals surface area contributed by atoms with Crippen LogP contribution in [0.15, 0.2) is 282 Å². The number of hydrogen-bond donors (Lipinski definition) is 8. The second kappa shape index (κ2) is 41.8. The predicted octanol–water partition coefficient (Wildman–Crippen LogP) is 18.8. The third kappa shape index (κ3) is 24.6. The van der Waals surface area contributed by atoms with Crippen LogP contribution < -0.4 is 37.9 Å².